The Morgan fingerprint density at radius 3 is 2.64 bits per heavy atom. The number of nitrogens with one attached hydrogen (secondary N) is 2. The fourth-order valence-electron chi connectivity index (χ4n) is 2.67. The van der Waals surface area contributed by atoms with Gasteiger partial charge in [0.05, 0.1) is 17.9 Å². The molecule has 0 aromatic heterocycles. The number of para-hydroxylation sites is 1. The van der Waals surface area contributed by atoms with Gasteiger partial charge in [-0.3, -0.25) is 9.59 Å². The molecule has 0 aliphatic heterocycles. The van der Waals surface area contributed by atoms with E-state index in [9.17, 15) is 9.59 Å². The molecular weight excluding hydrogens is 376 g/mol. The Labute approximate surface area is 171 Å². The summed E-state index contributed by atoms with van der Waals surface area (Å²) in [5.74, 6) is 0.440. The molecule has 0 unspecified atom stereocenters. The maximum Gasteiger partial charge on any atom is 0.253 e. The Bertz CT molecular complexity index is 808. The van der Waals surface area contributed by atoms with Crippen LogP contribution < -0.4 is 15.4 Å². The van der Waals surface area contributed by atoms with Crippen LogP contribution in [0.25, 0.3) is 0 Å². The maximum absolute atomic E-state index is 12.3. The van der Waals surface area contributed by atoms with Gasteiger partial charge >= 0.3 is 0 Å². The van der Waals surface area contributed by atoms with Crippen molar-refractivity contribution in [3.8, 4) is 5.75 Å². The Morgan fingerprint density at radius 2 is 1.89 bits per heavy atom. The highest BCUT2D eigenvalue weighted by molar-refractivity contribution is 6.30. The largest absolute Gasteiger partial charge is 0.493 e. The molecular formula is C22H27ClN2O3. The quantitative estimate of drug-likeness (QED) is 0.551. The van der Waals surface area contributed by atoms with Crippen molar-refractivity contribution < 1.29 is 14.3 Å². The minimum atomic E-state index is -0.175. The number of amides is 2. The molecule has 2 amide bonds. The first-order valence-corrected chi connectivity index (χ1v) is 9.95. The summed E-state index contributed by atoms with van der Waals surface area (Å²) in [5, 5.41) is 6.37. The summed E-state index contributed by atoms with van der Waals surface area (Å²) in [6.07, 6.45) is 2.81. The van der Waals surface area contributed by atoms with Gasteiger partial charge in [-0.05, 0) is 55.7 Å². The van der Waals surface area contributed by atoms with E-state index in [1.54, 1.807) is 30.3 Å². The zero-order valence-corrected chi connectivity index (χ0v) is 17.1. The van der Waals surface area contributed by atoms with E-state index >= 15 is 0 Å². The first kappa shape index (κ1) is 21.8. The van der Waals surface area contributed by atoms with Crippen LogP contribution in [0.5, 0.6) is 5.75 Å². The number of anilines is 1. The van der Waals surface area contributed by atoms with Crippen LogP contribution in [-0.4, -0.2) is 25.0 Å². The number of benzene rings is 2. The normalized spacial score (nSPS) is 10.4. The number of aryl methyl sites for hydroxylation is 1. The molecule has 2 aromatic rings. The van der Waals surface area contributed by atoms with E-state index in [1.807, 2.05) is 19.1 Å². The lowest BCUT2D eigenvalue weighted by Crippen LogP contribution is -2.26. The number of hydrogen-bond donors (Lipinski definition) is 2. The average molecular weight is 403 g/mol. The first-order chi connectivity index (χ1) is 13.5. The smallest absolute Gasteiger partial charge is 0.253 e. The Kier molecular flexibility index (Phi) is 8.82. The SMILES string of the molecule is CCCCNC(=O)c1ccccc1NC(=O)CCCOc1ccc(Cl)cc1C. The van der Waals surface area contributed by atoms with Crippen molar-refractivity contribution in [1.82, 2.24) is 5.32 Å². The number of hydrogen-bond acceptors (Lipinski definition) is 3. The van der Waals surface area contributed by atoms with E-state index in [0.29, 0.717) is 42.3 Å². The van der Waals surface area contributed by atoms with Gasteiger partial charge in [0.2, 0.25) is 5.91 Å². The van der Waals surface area contributed by atoms with Crippen LogP contribution in [0.15, 0.2) is 42.5 Å². The second-order valence-corrected chi connectivity index (χ2v) is 7.00. The Balaban J connectivity index is 1.82. The lowest BCUT2D eigenvalue weighted by atomic mass is 10.1. The third-order valence-electron chi connectivity index (χ3n) is 4.20. The summed E-state index contributed by atoms with van der Waals surface area (Å²) in [6.45, 7) is 5.04. The third-order valence-corrected chi connectivity index (χ3v) is 4.44. The van der Waals surface area contributed by atoms with Crippen molar-refractivity contribution in [2.24, 2.45) is 0 Å². The van der Waals surface area contributed by atoms with Gasteiger partial charge in [0.1, 0.15) is 5.75 Å². The summed E-state index contributed by atoms with van der Waals surface area (Å²) >= 11 is 5.93. The van der Waals surface area contributed by atoms with E-state index in [0.717, 1.165) is 24.2 Å². The minimum Gasteiger partial charge on any atom is -0.493 e. The Hall–Kier alpha value is -2.53. The zero-order valence-electron chi connectivity index (χ0n) is 16.4. The molecule has 2 N–H and O–H groups in total. The number of carbonyl (C=O) groups excluding carboxylic acids is 2. The van der Waals surface area contributed by atoms with Crippen molar-refractivity contribution in [3.63, 3.8) is 0 Å². The number of carbonyl (C=O) groups is 2. The van der Waals surface area contributed by atoms with Crippen LogP contribution in [-0.2, 0) is 4.79 Å². The predicted molar refractivity (Wildman–Crippen MR) is 113 cm³/mol. The summed E-state index contributed by atoms with van der Waals surface area (Å²) in [6, 6.07) is 12.5. The topological polar surface area (TPSA) is 67.4 Å². The van der Waals surface area contributed by atoms with Gasteiger partial charge in [0.15, 0.2) is 0 Å². The standard InChI is InChI=1S/C22H27ClN2O3/c1-3-4-13-24-22(27)18-8-5-6-9-19(18)25-21(26)10-7-14-28-20-12-11-17(23)15-16(20)2/h5-6,8-9,11-12,15H,3-4,7,10,13-14H2,1-2H3,(H,24,27)(H,25,26). The molecule has 0 saturated heterocycles. The van der Waals surface area contributed by atoms with Gasteiger partial charge in [0.25, 0.3) is 5.91 Å². The van der Waals surface area contributed by atoms with Crippen LogP contribution in [0, 0.1) is 6.92 Å². The molecule has 2 rings (SSSR count). The second kappa shape index (κ2) is 11.3. The summed E-state index contributed by atoms with van der Waals surface area (Å²) in [7, 11) is 0. The van der Waals surface area contributed by atoms with Crippen LogP contribution >= 0.6 is 11.6 Å². The minimum absolute atomic E-state index is 0.148. The molecule has 0 aliphatic rings. The molecule has 2 aromatic carbocycles. The van der Waals surface area contributed by atoms with Crippen molar-refractivity contribution in [2.45, 2.75) is 39.5 Å². The van der Waals surface area contributed by atoms with Crippen LogP contribution in [0.3, 0.4) is 0 Å². The van der Waals surface area contributed by atoms with Gasteiger partial charge in [-0.1, -0.05) is 37.1 Å². The fourth-order valence-corrected chi connectivity index (χ4v) is 2.89. The molecule has 6 heteroatoms. The van der Waals surface area contributed by atoms with Crippen LogP contribution in [0.1, 0.15) is 48.5 Å². The zero-order chi connectivity index (χ0) is 20.4. The highest BCUT2D eigenvalue weighted by Crippen LogP contribution is 2.22. The van der Waals surface area contributed by atoms with Crippen LogP contribution in [0.2, 0.25) is 5.02 Å². The van der Waals surface area contributed by atoms with Gasteiger partial charge in [0, 0.05) is 18.0 Å². The lowest BCUT2D eigenvalue weighted by molar-refractivity contribution is -0.116. The lowest BCUT2D eigenvalue weighted by Gasteiger charge is -2.12. The molecule has 28 heavy (non-hydrogen) atoms. The van der Waals surface area contributed by atoms with E-state index in [1.165, 1.54) is 0 Å². The highest BCUT2D eigenvalue weighted by Gasteiger charge is 2.12. The fraction of sp³-hybridized carbons (Fsp3) is 0.364. The first-order valence-electron chi connectivity index (χ1n) is 9.57. The molecule has 0 fully saturated rings. The average Bonchev–Trinajstić information content (AvgIpc) is 2.67. The molecule has 0 radical (unpaired) electrons. The highest BCUT2D eigenvalue weighted by atomic mass is 35.5. The van der Waals surface area contributed by atoms with Crippen molar-refractivity contribution >= 4 is 29.1 Å². The Morgan fingerprint density at radius 1 is 1.11 bits per heavy atom. The van der Waals surface area contributed by atoms with E-state index in [4.69, 9.17) is 16.3 Å². The van der Waals surface area contributed by atoms with Crippen molar-refractivity contribution in [2.75, 3.05) is 18.5 Å². The summed E-state index contributed by atoms with van der Waals surface area (Å²) in [4.78, 5) is 24.6. The van der Waals surface area contributed by atoms with E-state index in [2.05, 4.69) is 17.6 Å². The van der Waals surface area contributed by atoms with E-state index in [-0.39, 0.29) is 11.8 Å². The van der Waals surface area contributed by atoms with E-state index < -0.39 is 0 Å². The molecule has 150 valence electrons. The maximum atomic E-state index is 12.3. The molecule has 0 spiro atoms. The van der Waals surface area contributed by atoms with Crippen molar-refractivity contribution in [1.29, 1.82) is 0 Å². The molecule has 0 heterocycles. The number of rotatable bonds is 10. The summed E-state index contributed by atoms with van der Waals surface area (Å²) < 4.78 is 5.71. The second-order valence-electron chi connectivity index (χ2n) is 6.57. The molecule has 5 nitrogen and oxygen atoms in total. The molecule has 0 atom stereocenters. The molecule has 0 aliphatic carbocycles. The summed E-state index contributed by atoms with van der Waals surface area (Å²) in [5.41, 5.74) is 1.95. The van der Waals surface area contributed by atoms with Gasteiger partial charge in [-0.15, -0.1) is 0 Å². The van der Waals surface area contributed by atoms with Crippen LogP contribution in [0.4, 0.5) is 5.69 Å². The molecule has 0 saturated carbocycles. The molecule has 0 bridgehead atoms. The third kappa shape index (κ3) is 6.89. The van der Waals surface area contributed by atoms with Gasteiger partial charge < -0.3 is 15.4 Å². The predicted octanol–water partition coefficient (Wildman–Crippen LogP) is 4.98. The monoisotopic (exact) mass is 402 g/mol. The number of halogens is 1. The number of unbranched alkanes of at least 4 members (excludes halogenated alkanes) is 1. The van der Waals surface area contributed by atoms with Gasteiger partial charge in [-0.25, -0.2) is 0 Å². The number of ether oxygens (including phenoxy) is 1. The van der Waals surface area contributed by atoms with Crippen molar-refractivity contribution in [3.05, 3.63) is 58.6 Å². The van der Waals surface area contributed by atoms with Gasteiger partial charge in [-0.2, -0.15) is 0 Å².